The molecule has 26 heavy (non-hydrogen) atoms. The fraction of sp³-hybridized carbons (Fsp3) is 0.611. The fourth-order valence-electron chi connectivity index (χ4n) is 3.08. The van der Waals surface area contributed by atoms with E-state index < -0.39 is 10.0 Å². The van der Waals surface area contributed by atoms with Crippen LogP contribution in [0.5, 0.6) is 0 Å². The maximum Gasteiger partial charge on any atom is 0.215 e. The van der Waals surface area contributed by atoms with Crippen LogP contribution in [0.15, 0.2) is 29.3 Å². The molecule has 0 radical (unpaired) electrons. The second-order valence-corrected chi connectivity index (χ2v) is 8.57. The van der Waals surface area contributed by atoms with Crippen LogP contribution in [-0.4, -0.2) is 46.0 Å². The summed E-state index contributed by atoms with van der Waals surface area (Å²) in [6, 6.07) is 7.63. The van der Waals surface area contributed by atoms with E-state index in [2.05, 4.69) is 28.8 Å². The molecule has 1 aliphatic rings. The Morgan fingerprint density at radius 1 is 1.35 bits per heavy atom. The van der Waals surface area contributed by atoms with Crippen LogP contribution in [0.2, 0.25) is 0 Å². The molecule has 8 heteroatoms. The summed E-state index contributed by atoms with van der Waals surface area (Å²) in [6.45, 7) is 7.81. The van der Waals surface area contributed by atoms with Crippen LogP contribution in [0.4, 0.5) is 0 Å². The first-order valence-corrected chi connectivity index (χ1v) is 10.6. The molecule has 0 amide bonds. The molecule has 0 spiro atoms. The zero-order valence-electron chi connectivity index (χ0n) is 15.9. The van der Waals surface area contributed by atoms with Gasteiger partial charge in [0.1, 0.15) is 0 Å². The van der Waals surface area contributed by atoms with Crippen molar-refractivity contribution in [3.8, 4) is 0 Å². The van der Waals surface area contributed by atoms with Crippen molar-refractivity contribution < 1.29 is 8.42 Å². The molecule has 0 saturated carbocycles. The normalized spacial score (nSPS) is 18.3. The molecular weight excluding hydrogens is 463 g/mol. The Labute approximate surface area is 174 Å². The number of guanidine groups is 1. The first kappa shape index (κ1) is 23.2. The monoisotopic (exact) mass is 494 g/mol. The van der Waals surface area contributed by atoms with E-state index in [-0.39, 0.29) is 29.7 Å². The quantitative estimate of drug-likeness (QED) is 0.362. The van der Waals surface area contributed by atoms with Crippen molar-refractivity contribution in [2.75, 3.05) is 26.7 Å². The van der Waals surface area contributed by atoms with Gasteiger partial charge in [-0.25, -0.2) is 18.1 Å². The van der Waals surface area contributed by atoms with Gasteiger partial charge in [0.05, 0.1) is 12.3 Å². The maximum atomic E-state index is 11.7. The summed E-state index contributed by atoms with van der Waals surface area (Å²) in [4.78, 5) is 7.09. The molecule has 1 unspecified atom stereocenters. The van der Waals surface area contributed by atoms with Crippen molar-refractivity contribution in [3.63, 3.8) is 0 Å². The van der Waals surface area contributed by atoms with Crippen LogP contribution in [0, 0.1) is 5.92 Å². The highest BCUT2D eigenvalue weighted by Gasteiger charge is 2.19. The third-order valence-electron chi connectivity index (χ3n) is 4.36. The van der Waals surface area contributed by atoms with E-state index in [0.29, 0.717) is 12.5 Å². The molecule has 1 aliphatic heterocycles. The standard InChI is InChI=1S/C18H30N4O2S.HI/c1-4-20-18(22-10-6-7-15(2)13-22)21-12-16-8-5-9-17(11-16)14-25(23,24)19-3;/h5,8-9,11,15,19H,4,6-7,10,12-14H2,1-3H3,(H,20,21);1H. The molecule has 1 saturated heterocycles. The topological polar surface area (TPSA) is 73.8 Å². The van der Waals surface area contributed by atoms with E-state index in [0.717, 1.165) is 36.7 Å². The largest absolute Gasteiger partial charge is 0.357 e. The third-order valence-corrected chi connectivity index (χ3v) is 5.70. The molecule has 6 nitrogen and oxygen atoms in total. The highest BCUT2D eigenvalue weighted by molar-refractivity contribution is 14.0. The minimum Gasteiger partial charge on any atom is -0.357 e. The van der Waals surface area contributed by atoms with Crippen molar-refractivity contribution >= 4 is 40.0 Å². The predicted octanol–water partition coefficient (Wildman–Crippen LogP) is 2.55. The summed E-state index contributed by atoms with van der Waals surface area (Å²) < 4.78 is 25.8. The van der Waals surface area contributed by atoms with Gasteiger partial charge in [-0.1, -0.05) is 31.2 Å². The van der Waals surface area contributed by atoms with Crippen LogP contribution < -0.4 is 10.0 Å². The summed E-state index contributed by atoms with van der Waals surface area (Å²) in [5, 5.41) is 3.38. The molecule has 1 heterocycles. The Morgan fingerprint density at radius 3 is 2.73 bits per heavy atom. The minimum atomic E-state index is -3.26. The fourth-order valence-corrected chi connectivity index (χ4v) is 3.85. The van der Waals surface area contributed by atoms with E-state index in [1.807, 2.05) is 24.3 Å². The first-order valence-electron chi connectivity index (χ1n) is 8.96. The van der Waals surface area contributed by atoms with E-state index in [4.69, 9.17) is 4.99 Å². The van der Waals surface area contributed by atoms with E-state index in [1.165, 1.54) is 19.9 Å². The molecule has 0 aromatic heterocycles. The first-order chi connectivity index (χ1) is 11.9. The SMILES string of the molecule is CCNC(=NCc1cccc(CS(=O)(=O)NC)c1)N1CCCC(C)C1.I. The minimum absolute atomic E-state index is 0. The van der Waals surface area contributed by atoms with Gasteiger partial charge in [0.15, 0.2) is 5.96 Å². The average molecular weight is 494 g/mol. The lowest BCUT2D eigenvalue weighted by Gasteiger charge is -2.33. The summed E-state index contributed by atoms with van der Waals surface area (Å²) >= 11 is 0. The second-order valence-electron chi connectivity index (χ2n) is 6.65. The van der Waals surface area contributed by atoms with E-state index in [9.17, 15) is 8.42 Å². The molecular formula is C18H31IN4O2S. The lowest BCUT2D eigenvalue weighted by atomic mass is 10.0. The van der Waals surface area contributed by atoms with Gasteiger partial charge in [0, 0.05) is 19.6 Å². The molecule has 2 rings (SSSR count). The Bertz CT molecular complexity index is 694. The number of likely N-dealkylation sites (tertiary alicyclic amines) is 1. The number of hydrogen-bond acceptors (Lipinski definition) is 3. The molecule has 0 bridgehead atoms. The number of halogens is 1. The molecule has 1 aromatic carbocycles. The highest BCUT2D eigenvalue weighted by Crippen LogP contribution is 2.16. The zero-order chi connectivity index (χ0) is 18.3. The summed E-state index contributed by atoms with van der Waals surface area (Å²) in [5.74, 6) is 1.63. The summed E-state index contributed by atoms with van der Waals surface area (Å²) in [5.41, 5.74) is 1.79. The highest BCUT2D eigenvalue weighted by atomic mass is 127. The number of hydrogen-bond donors (Lipinski definition) is 2. The summed E-state index contributed by atoms with van der Waals surface area (Å²) in [7, 11) is -1.82. The average Bonchev–Trinajstić information content (AvgIpc) is 2.58. The lowest BCUT2D eigenvalue weighted by molar-refractivity contribution is 0.266. The number of aliphatic imine (C=N–C) groups is 1. The van der Waals surface area contributed by atoms with Gasteiger partial charge in [0.25, 0.3) is 0 Å². The van der Waals surface area contributed by atoms with Crippen molar-refractivity contribution in [1.29, 1.82) is 0 Å². The van der Waals surface area contributed by atoms with Crippen LogP contribution in [0.1, 0.15) is 37.8 Å². The van der Waals surface area contributed by atoms with Crippen LogP contribution in [0.3, 0.4) is 0 Å². The van der Waals surface area contributed by atoms with Gasteiger partial charge in [0.2, 0.25) is 10.0 Å². The molecule has 148 valence electrons. The number of rotatable bonds is 6. The number of nitrogens with one attached hydrogen (secondary N) is 2. The zero-order valence-corrected chi connectivity index (χ0v) is 19.0. The lowest BCUT2D eigenvalue weighted by Crippen LogP contribution is -2.46. The van der Waals surface area contributed by atoms with Crippen LogP contribution >= 0.6 is 24.0 Å². The van der Waals surface area contributed by atoms with Gasteiger partial charge in [-0.15, -0.1) is 24.0 Å². The van der Waals surface area contributed by atoms with Gasteiger partial charge >= 0.3 is 0 Å². The molecule has 1 atom stereocenters. The third kappa shape index (κ3) is 7.40. The number of sulfonamides is 1. The second kappa shape index (κ2) is 11.1. The van der Waals surface area contributed by atoms with Crippen molar-refractivity contribution in [2.45, 2.75) is 39.0 Å². The smallest absolute Gasteiger partial charge is 0.215 e. The van der Waals surface area contributed by atoms with E-state index >= 15 is 0 Å². The van der Waals surface area contributed by atoms with Crippen LogP contribution in [0.25, 0.3) is 0 Å². The number of piperidine rings is 1. The maximum absolute atomic E-state index is 11.7. The molecule has 0 aliphatic carbocycles. The van der Waals surface area contributed by atoms with Gasteiger partial charge in [-0.3, -0.25) is 0 Å². The Kier molecular flexibility index (Phi) is 9.88. The van der Waals surface area contributed by atoms with Crippen molar-refractivity contribution in [1.82, 2.24) is 14.9 Å². The van der Waals surface area contributed by atoms with Gasteiger partial charge in [-0.05, 0) is 43.9 Å². The Morgan fingerprint density at radius 2 is 2.08 bits per heavy atom. The molecule has 2 N–H and O–H groups in total. The summed E-state index contributed by atoms with van der Waals surface area (Å²) in [6.07, 6.45) is 2.47. The molecule has 1 fully saturated rings. The van der Waals surface area contributed by atoms with Gasteiger partial charge in [-0.2, -0.15) is 0 Å². The Balaban J connectivity index is 0.00000338. The number of benzene rings is 1. The Hall–Kier alpha value is -0.870. The van der Waals surface area contributed by atoms with Crippen LogP contribution in [-0.2, 0) is 22.3 Å². The van der Waals surface area contributed by atoms with E-state index in [1.54, 1.807) is 0 Å². The van der Waals surface area contributed by atoms with Crippen molar-refractivity contribution in [3.05, 3.63) is 35.4 Å². The molecule has 1 aromatic rings. The number of nitrogens with zero attached hydrogens (tertiary/aromatic N) is 2. The predicted molar refractivity (Wildman–Crippen MR) is 118 cm³/mol. The van der Waals surface area contributed by atoms with Gasteiger partial charge < -0.3 is 10.2 Å². The van der Waals surface area contributed by atoms with Crippen molar-refractivity contribution in [2.24, 2.45) is 10.9 Å².